The topological polar surface area (TPSA) is 91.6 Å². The van der Waals surface area contributed by atoms with Gasteiger partial charge in [-0.3, -0.25) is 0 Å². The molecule has 3 aromatic rings. The highest BCUT2D eigenvalue weighted by Crippen LogP contribution is 2.32. The number of fused-ring (bicyclic) bond motifs is 1. The number of benzene rings is 1. The first-order valence-electron chi connectivity index (χ1n) is 10.6. The first-order valence-corrected chi connectivity index (χ1v) is 12.1. The van der Waals surface area contributed by atoms with Gasteiger partial charge in [0.1, 0.15) is 0 Å². The van der Waals surface area contributed by atoms with Gasteiger partial charge in [-0.25, -0.2) is 17.9 Å². The highest BCUT2D eigenvalue weighted by atomic mass is 32.2. The van der Waals surface area contributed by atoms with Crippen molar-refractivity contribution >= 4 is 21.3 Å². The fourth-order valence-electron chi connectivity index (χ4n) is 4.19. The largest absolute Gasteiger partial charge is 0.370 e. The number of hydrogen-bond donors (Lipinski definition) is 2. The average Bonchev–Trinajstić information content (AvgIpc) is 3.15. The van der Waals surface area contributed by atoms with Crippen LogP contribution in [0.3, 0.4) is 0 Å². The van der Waals surface area contributed by atoms with E-state index in [1.54, 1.807) is 41.9 Å². The van der Waals surface area contributed by atoms with Crippen molar-refractivity contribution < 1.29 is 8.42 Å². The molecular formula is C22H30N6O2S. The van der Waals surface area contributed by atoms with Crippen molar-refractivity contribution in [1.82, 2.24) is 24.8 Å². The van der Waals surface area contributed by atoms with Crippen LogP contribution in [0.15, 0.2) is 40.1 Å². The van der Waals surface area contributed by atoms with Gasteiger partial charge in [-0.05, 0) is 59.0 Å². The van der Waals surface area contributed by atoms with Crippen molar-refractivity contribution in [2.75, 3.05) is 32.5 Å². The molecule has 1 aromatic carbocycles. The van der Waals surface area contributed by atoms with Crippen molar-refractivity contribution in [2.24, 2.45) is 0 Å². The number of aromatic nitrogens is 3. The second-order valence-electron chi connectivity index (χ2n) is 8.20. The van der Waals surface area contributed by atoms with E-state index in [1.807, 2.05) is 13.8 Å². The predicted octanol–water partition coefficient (Wildman–Crippen LogP) is 2.40. The molecule has 1 saturated heterocycles. The summed E-state index contributed by atoms with van der Waals surface area (Å²) in [5.74, 6) is 0.305. The Labute approximate surface area is 183 Å². The number of anilines is 1. The molecule has 0 amide bonds. The molecule has 0 aliphatic carbocycles. The highest BCUT2D eigenvalue weighted by Gasteiger charge is 2.29. The lowest BCUT2D eigenvalue weighted by Gasteiger charge is -2.29. The smallest absolute Gasteiger partial charge is 0.214 e. The maximum Gasteiger partial charge on any atom is 0.214 e. The molecule has 0 saturated carbocycles. The van der Waals surface area contributed by atoms with Crippen LogP contribution in [-0.2, 0) is 16.4 Å². The third kappa shape index (κ3) is 4.05. The van der Waals surface area contributed by atoms with Crippen LogP contribution < -0.4 is 10.6 Å². The standard InChI is InChI=1S/C22H30N6O2S/c1-15-19(14-24-17-10-12-27(4)13-11-17)16(2)28-22(25-15)20(21(23-3)26-28)31(29,30)18-8-6-5-7-9-18/h5-9,17,24H,10-14H2,1-4H3,(H,23,26). The van der Waals surface area contributed by atoms with Crippen LogP contribution in [0.5, 0.6) is 0 Å². The average molecular weight is 443 g/mol. The van der Waals surface area contributed by atoms with Crippen LogP contribution in [0.25, 0.3) is 5.65 Å². The Kier molecular flexibility index (Phi) is 6.00. The van der Waals surface area contributed by atoms with Crippen molar-refractivity contribution in [1.29, 1.82) is 0 Å². The molecule has 8 nitrogen and oxygen atoms in total. The Bertz CT molecular complexity index is 1180. The van der Waals surface area contributed by atoms with Crippen LogP contribution in [0.4, 0.5) is 5.82 Å². The van der Waals surface area contributed by atoms with Crippen molar-refractivity contribution in [3.8, 4) is 0 Å². The number of hydrogen-bond acceptors (Lipinski definition) is 7. The van der Waals surface area contributed by atoms with Crippen molar-refractivity contribution in [3.05, 3.63) is 47.3 Å². The minimum atomic E-state index is -3.77. The maximum absolute atomic E-state index is 13.4. The lowest BCUT2D eigenvalue weighted by atomic mass is 10.0. The van der Waals surface area contributed by atoms with Gasteiger partial charge in [-0.1, -0.05) is 18.2 Å². The summed E-state index contributed by atoms with van der Waals surface area (Å²) in [7, 11) is 0.0558. The molecule has 2 aromatic heterocycles. The van der Waals surface area contributed by atoms with E-state index in [4.69, 9.17) is 4.98 Å². The van der Waals surface area contributed by atoms with Crippen LogP contribution in [0.2, 0.25) is 0 Å². The second kappa shape index (κ2) is 8.57. The number of nitrogens with one attached hydrogen (secondary N) is 2. The number of rotatable bonds is 6. The fourth-order valence-corrected chi connectivity index (χ4v) is 5.71. The Balaban J connectivity index is 1.74. The second-order valence-corrected chi connectivity index (χ2v) is 10.1. The van der Waals surface area contributed by atoms with E-state index in [1.165, 1.54) is 0 Å². The van der Waals surface area contributed by atoms with E-state index >= 15 is 0 Å². The molecule has 9 heteroatoms. The van der Waals surface area contributed by atoms with E-state index in [-0.39, 0.29) is 9.79 Å². The number of aryl methyl sites for hydroxylation is 2. The van der Waals surface area contributed by atoms with E-state index < -0.39 is 9.84 Å². The summed E-state index contributed by atoms with van der Waals surface area (Å²) in [5.41, 5.74) is 3.12. The third-order valence-corrected chi connectivity index (χ3v) is 7.93. The Morgan fingerprint density at radius 2 is 1.81 bits per heavy atom. The summed E-state index contributed by atoms with van der Waals surface area (Å²) >= 11 is 0. The summed E-state index contributed by atoms with van der Waals surface area (Å²) in [5, 5.41) is 11.2. The lowest BCUT2D eigenvalue weighted by Crippen LogP contribution is -2.40. The maximum atomic E-state index is 13.4. The summed E-state index contributed by atoms with van der Waals surface area (Å²) in [6, 6.07) is 8.90. The quantitative estimate of drug-likeness (QED) is 0.606. The zero-order chi connectivity index (χ0) is 22.2. The van der Waals surface area contributed by atoms with Gasteiger partial charge in [0.2, 0.25) is 9.84 Å². The van der Waals surface area contributed by atoms with Gasteiger partial charge in [0.15, 0.2) is 16.4 Å². The van der Waals surface area contributed by atoms with E-state index in [0.29, 0.717) is 24.1 Å². The third-order valence-electron chi connectivity index (χ3n) is 6.13. The molecule has 3 heterocycles. The molecule has 0 radical (unpaired) electrons. The number of sulfone groups is 1. The minimum absolute atomic E-state index is 0.113. The summed E-state index contributed by atoms with van der Waals surface area (Å²) < 4.78 is 28.5. The molecular weight excluding hydrogens is 412 g/mol. The molecule has 1 fully saturated rings. The minimum Gasteiger partial charge on any atom is -0.370 e. The number of likely N-dealkylation sites (tertiary alicyclic amines) is 1. The lowest BCUT2D eigenvalue weighted by molar-refractivity contribution is 0.234. The predicted molar refractivity (Wildman–Crippen MR) is 121 cm³/mol. The molecule has 166 valence electrons. The van der Waals surface area contributed by atoms with Gasteiger partial charge >= 0.3 is 0 Å². The van der Waals surface area contributed by atoms with Crippen molar-refractivity contribution in [3.63, 3.8) is 0 Å². The van der Waals surface area contributed by atoms with Gasteiger partial charge in [0.25, 0.3) is 0 Å². The van der Waals surface area contributed by atoms with E-state index in [9.17, 15) is 8.42 Å². The first kappa shape index (κ1) is 21.7. The van der Waals surface area contributed by atoms with E-state index in [2.05, 4.69) is 27.7 Å². The normalized spacial score (nSPS) is 16.1. The molecule has 4 rings (SSSR count). The van der Waals surface area contributed by atoms with E-state index in [0.717, 1.165) is 42.9 Å². The molecule has 0 bridgehead atoms. The van der Waals surface area contributed by atoms with Crippen LogP contribution in [0, 0.1) is 13.8 Å². The van der Waals surface area contributed by atoms with Crippen molar-refractivity contribution in [2.45, 2.75) is 49.1 Å². The molecule has 2 N–H and O–H groups in total. The first-order chi connectivity index (χ1) is 14.8. The van der Waals surface area contributed by atoms with Gasteiger partial charge in [-0.2, -0.15) is 0 Å². The zero-order valence-corrected chi connectivity index (χ0v) is 19.3. The highest BCUT2D eigenvalue weighted by molar-refractivity contribution is 7.91. The Morgan fingerprint density at radius 1 is 1.13 bits per heavy atom. The molecule has 0 unspecified atom stereocenters. The Hall–Kier alpha value is -2.49. The van der Waals surface area contributed by atoms with Crippen LogP contribution in [-0.4, -0.2) is 61.1 Å². The molecule has 1 aliphatic rings. The number of piperidine rings is 1. The SMILES string of the molecule is CNc1nn2c(C)c(CNC3CCN(C)CC3)c(C)nc2c1S(=O)(=O)c1ccccc1. The molecule has 1 aliphatic heterocycles. The van der Waals surface area contributed by atoms with Gasteiger partial charge in [0, 0.05) is 36.6 Å². The monoisotopic (exact) mass is 442 g/mol. The van der Waals surface area contributed by atoms with Gasteiger partial charge in [-0.15, -0.1) is 5.10 Å². The Morgan fingerprint density at radius 3 is 2.45 bits per heavy atom. The summed E-state index contributed by atoms with van der Waals surface area (Å²) in [6.07, 6.45) is 2.24. The summed E-state index contributed by atoms with van der Waals surface area (Å²) in [6.45, 7) is 6.78. The van der Waals surface area contributed by atoms with Crippen LogP contribution >= 0.6 is 0 Å². The molecule has 31 heavy (non-hydrogen) atoms. The number of nitrogens with zero attached hydrogens (tertiary/aromatic N) is 4. The summed E-state index contributed by atoms with van der Waals surface area (Å²) in [4.78, 5) is 7.39. The fraction of sp³-hybridized carbons (Fsp3) is 0.455. The molecule has 0 atom stereocenters. The van der Waals surface area contributed by atoms with Gasteiger partial charge in [0.05, 0.1) is 4.90 Å². The van der Waals surface area contributed by atoms with Crippen LogP contribution in [0.1, 0.15) is 29.8 Å². The zero-order valence-electron chi connectivity index (χ0n) is 18.5. The molecule has 0 spiro atoms. The van der Waals surface area contributed by atoms with Gasteiger partial charge < -0.3 is 15.5 Å².